The summed E-state index contributed by atoms with van der Waals surface area (Å²) in [7, 11) is 0. The Bertz CT molecular complexity index is 3010. The predicted octanol–water partition coefficient (Wildman–Crippen LogP) is 9.55. The molecule has 2 heteroatoms. The van der Waals surface area contributed by atoms with Crippen LogP contribution in [0.4, 0.5) is 0 Å². The van der Waals surface area contributed by atoms with Crippen LogP contribution >= 0.6 is 0 Å². The summed E-state index contributed by atoms with van der Waals surface area (Å²) in [5.74, 6) is 0. The second-order valence-corrected chi connectivity index (χ2v) is 8.56. The Hall–Kier alpha value is -5.08. The number of hydrogen-bond acceptors (Lipinski definition) is 0. The predicted molar refractivity (Wildman–Crippen MR) is 161 cm³/mol. The maximum absolute atomic E-state index is 9.54. The first kappa shape index (κ1) is 10.4. The zero-order chi connectivity index (χ0) is 39.8. The fraction of sp³-hybridized carbons (Fsp3) is 0. The molecule has 0 atom stereocenters. The Morgan fingerprint density at radius 3 is 1.84 bits per heavy atom. The molecule has 0 saturated heterocycles. The lowest BCUT2D eigenvalue weighted by molar-refractivity contribution is 1.18. The van der Waals surface area contributed by atoms with E-state index in [1.807, 2.05) is 0 Å². The zero-order valence-corrected chi connectivity index (χ0v) is 19.4. The van der Waals surface area contributed by atoms with Crippen LogP contribution in [0.15, 0.2) is 145 Å². The number of benzene rings is 6. The van der Waals surface area contributed by atoms with E-state index in [1.165, 1.54) is 6.07 Å². The summed E-state index contributed by atoms with van der Waals surface area (Å²) in [5.41, 5.74) is -0.193. The Morgan fingerprint density at radius 2 is 1.05 bits per heavy atom. The number of aromatic nitrogens is 2. The van der Waals surface area contributed by atoms with Crippen LogP contribution in [0.5, 0.6) is 0 Å². The van der Waals surface area contributed by atoms with Gasteiger partial charge in [-0.2, -0.15) is 0 Å². The van der Waals surface area contributed by atoms with E-state index >= 15 is 0 Å². The number of hydrogen-bond donors (Lipinski definition) is 0. The summed E-state index contributed by atoms with van der Waals surface area (Å²) in [5, 5.41) is 0.662. The van der Waals surface area contributed by atoms with Crippen LogP contribution < -0.4 is 0 Å². The largest absolute Gasteiger partial charge is 0.309 e. The second-order valence-electron chi connectivity index (χ2n) is 8.56. The molecule has 38 heavy (non-hydrogen) atoms. The van der Waals surface area contributed by atoms with Gasteiger partial charge >= 0.3 is 0 Å². The molecule has 2 heterocycles. The van der Waals surface area contributed by atoms with Crippen LogP contribution in [-0.2, 0) is 0 Å². The van der Waals surface area contributed by atoms with Crippen molar-refractivity contribution in [2.24, 2.45) is 0 Å². The van der Waals surface area contributed by atoms with Gasteiger partial charge in [-0.25, -0.2) is 0 Å². The van der Waals surface area contributed by atoms with Gasteiger partial charge in [-0.05, 0) is 71.6 Å². The van der Waals surface area contributed by atoms with Gasteiger partial charge < -0.3 is 9.13 Å². The minimum Gasteiger partial charge on any atom is -0.309 e. The van der Waals surface area contributed by atoms with Gasteiger partial charge in [0, 0.05) is 32.9 Å². The molecule has 2 aromatic heterocycles. The van der Waals surface area contributed by atoms with Crippen LogP contribution in [0, 0.1) is 0 Å². The van der Waals surface area contributed by atoms with Gasteiger partial charge in [0.15, 0.2) is 0 Å². The third-order valence-electron chi connectivity index (χ3n) is 6.54. The molecular formula is C36H24N2. The molecule has 6 aromatic carbocycles. The first-order valence-electron chi connectivity index (χ1n) is 20.2. The summed E-state index contributed by atoms with van der Waals surface area (Å²) in [6, 6.07) is 1.54. The highest BCUT2D eigenvalue weighted by Crippen LogP contribution is 2.38. The Labute approximate surface area is 244 Å². The van der Waals surface area contributed by atoms with Gasteiger partial charge in [0.1, 0.15) is 0 Å². The number of fused-ring (bicyclic) bond motifs is 6. The van der Waals surface area contributed by atoms with Gasteiger partial charge in [-0.15, -0.1) is 0 Å². The van der Waals surface area contributed by atoms with Crippen molar-refractivity contribution in [1.29, 1.82) is 0 Å². The van der Waals surface area contributed by atoms with Crippen LogP contribution in [0.1, 0.15) is 23.3 Å². The summed E-state index contributed by atoms with van der Waals surface area (Å²) in [6.45, 7) is 0. The lowest BCUT2D eigenvalue weighted by Crippen LogP contribution is -1.93. The molecule has 0 amide bonds. The van der Waals surface area contributed by atoms with Crippen molar-refractivity contribution < 1.29 is 23.3 Å². The molecule has 0 aliphatic heterocycles. The Morgan fingerprint density at radius 1 is 0.421 bits per heavy atom. The lowest BCUT2D eigenvalue weighted by Gasteiger charge is -2.09. The van der Waals surface area contributed by atoms with Gasteiger partial charge in [0.25, 0.3) is 0 Å². The molecule has 8 rings (SSSR count). The topological polar surface area (TPSA) is 9.86 Å². The maximum Gasteiger partial charge on any atom is 0.0645 e. The summed E-state index contributed by atoms with van der Waals surface area (Å²) in [6.07, 6.45) is 0. The molecule has 0 spiro atoms. The first-order valence-corrected chi connectivity index (χ1v) is 11.7. The first-order chi connectivity index (χ1) is 25.9. The molecule has 0 N–H and O–H groups in total. The van der Waals surface area contributed by atoms with Crippen molar-refractivity contribution in [2.75, 3.05) is 0 Å². The van der Waals surface area contributed by atoms with Gasteiger partial charge in [0.05, 0.1) is 45.4 Å². The standard InChI is InChI=1S/C36H24N2/c1-3-11-27(12-4-1)37-33-17-9-7-15-29(33)31-23-25(19-21-35(31)37)26-20-22-36-32(24-26)30-16-8-10-18-34(30)38(36)28-13-5-2-6-14-28/h1-24H/i1D,2D,3D,4D,5D,6D,7D,9D,11D,12D,13D,14D,15D,17D,19D,21D,23D. The Balaban J connectivity index is 1.52. The SMILES string of the molecule is [2H]c1c([2H])c([2H])c(-n2c3ccccc3c3cc(-c4c([2H])c([2H])c5c(c4[2H])c4c([2H])c([2H])c([2H])c([2H])c4n5-c4c([2H])c([2H])c([2H])c([2H])c4[2H])ccc32)c([2H])c1[2H]. The number of para-hydroxylation sites is 4. The highest BCUT2D eigenvalue weighted by molar-refractivity contribution is 6.12. The molecule has 0 unspecified atom stereocenters. The van der Waals surface area contributed by atoms with E-state index in [0.717, 1.165) is 4.57 Å². The zero-order valence-electron chi connectivity index (χ0n) is 36.4. The molecule has 0 saturated carbocycles. The van der Waals surface area contributed by atoms with Crippen molar-refractivity contribution in [3.8, 4) is 22.5 Å². The number of rotatable bonds is 3. The fourth-order valence-corrected chi connectivity index (χ4v) is 4.96. The van der Waals surface area contributed by atoms with E-state index in [-0.39, 0.29) is 38.6 Å². The quantitative estimate of drug-likeness (QED) is 0.228. The monoisotopic (exact) mass is 501 g/mol. The molecule has 0 radical (unpaired) electrons. The molecule has 0 aliphatic carbocycles. The molecule has 0 fully saturated rings. The second kappa shape index (κ2) is 8.22. The van der Waals surface area contributed by atoms with Crippen LogP contribution in [0.2, 0.25) is 0 Å². The average molecular weight is 502 g/mol. The molecule has 8 aromatic rings. The van der Waals surface area contributed by atoms with Crippen LogP contribution in [0.25, 0.3) is 66.1 Å². The molecule has 0 aliphatic rings. The van der Waals surface area contributed by atoms with Crippen LogP contribution in [0.3, 0.4) is 0 Å². The summed E-state index contributed by atoms with van der Waals surface area (Å²) < 4.78 is 149. The van der Waals surface area contributed by atoms with E-state index in [9.17, 15) is 4.11 Å². The summed E-state index contributed by atoms with van der Waals surface area (Å²) in [4.78, 5) is 0. The van der Waals surface area contributed by atoms with Crippen molar-refractivity contribution >= 4 is 43.6 Å². The molecule has 0 bridgehead atoms. The average Bonchev–Trinajstić information content (AvgIpc) is 3.69. The smallest absolute Gasteiger partial charge is 0.0645 e. The van der Waals surface area contributed by atoms with Crippen molar-refractivity contribution in [3.05, 3.63) is 145 Å². The molecule has 2 nitrogen and oxygen atoms in total. The highest BCUT2D eigenvalue weighted by atomic mass is 15.0. The van der Waals surface area contributed by atoms with Gasteiger partial charge in [-0.3, -0.25) is 0 Å². The molecule has 178 valence electrons. The minimum absolute atomic E-state index is 0.0863. The van der Waals surface area contributed by atoms with Crippen molar-refractivity contribution in [2.45, 2.75) is 0 Å². The fourth-order valence-electron chi connectivity index (χ4n) is 4.96. The van der Waals surface area contributed by atoms with Crippen molar-refractivity contribution in [3.63, 3.8) is 0 Å². The maximum atomic E-state index is 9.54. The van der Waals surface area contributed by atoms with Crippen molar-refractivity contribution in [1.82, 2.24) is 9.13 Å². The van der Waals surface area contributed by atoms with E-state index in [2.05, 4.69) is 0 Å². The van der Waals surface area contributed by atoms with E-state index in [1.54, 1.807) is 41.0 Å². The normalized spacial score (nSPS) is 17.9. The van der Waals surface area contributed by atoms with E-state index in [4.69, 9.17) is 19.2 Å². The minimum atomic E-state index is -0.733. The lowest BCUT2D eigenvalue weighted by atomic mass is 10.0. The van der Waals surface area contributed by atoms with E-state index in [0.29, 0.717) is 21.8 Å². The van der Waals surface area contributed by atoms with Gasteiger partial charge in [0.2, 0.25) is 0 Å². The summed E-state index contributed by atoms with van der Waals surface area (Å²) >= 11 is 0. The van der Waals surface area contributed by atoms with Crippen LogP contribution in [-0.4, -0.2) is 9.13 Å². The van der Waals surface area contributed by atoms with Gasteiger partial charge in [-0.1, -0.05) is 84.7 Å². The van der Waals surface area contributed by atoms with E-state index < -0.39 is 108 Å². The number of nitrogens with zero attached hydrogens (tertiary/aromatic N) is 2. The third kappa shape index (κ3) is 3.07. The Kier molecular flexibility index (Phi) is 2.24. The highest BCUT2D eigenvalue weighted by Gasteiger charge is 2.15. The third-order valence-corrected chi connectivity index (χ3v) is 6.54. The molecular weight excluding hydrogens is 460 g/mol.